The van der Waals surface area contributed by atoms with Crippen molar-refractivity contribution in [1.29, 1.82) is 5.26 Å². The molecule has 0 saturated heterocycles. The fourth-order valence-corrected chi connectivity index (χ4v) is 2.93. The lowest BCUT2D eigenvalue weighted by Gasteiger charge is -1.97. The third-order valence-corrected chi connectivity index (χ3v) is 4.09. The molecule has 0 atom stereocenters. The minimum atomic E-state index is -0.484. The minimum absolute atomic E-state index is 0.484. The van der Waals surface area contributed by atoms with Gasteiger partial charge in [-0.2, -0.15) is 5.26 Å². The predicted octanol–water partition coefficient (Wildman–Crippen LogP) is 3.07. The molecule has 4 nitrogen and oxygen atoms in total. The van der Waals surface area contributed by atoms with Gasteiger partial charge in [0.25, 0.3) is 0 Å². The van der Waals surface area contributed by atoms with E-state index in [2.05, 4.69) is 11.4 Å². The van der Waals surface area contributed by atoms with E-state index in [0.29, 0.717) is 9.94 Å². The maximum atomic E-state index is 11.0. The van der Waals surface area contributed by atoms with Crippen LogP contribution in [0.5, 0.6) is 5.06 Å². The highest BCUT2D eigenvalue weighted by Crippen LogP contribution is 2.36. The highest BCUT2D eigenvalue weighted by atomic mass is 32.1. The van der Waals surface area contributed by atoms with Crippen LogP contribution in [0.3, 0.4) is 0 Å². The molecule has 0 aliphatic carbocycles. The Morgan fingerprint density at radius 1 is 1.29 bits per heavy atom. The van der Waals surface area contributed by atoms with Crippen LogP contribution >= 0.6 is 22.7 Å². The van der Waals surface area contributed by atoms with Crippen LogP contribution in [0.4, 0.5) is 4.79 Å². The van der Waals surface area contributed by atoms with Gasteiger partial charge in [-0.25, -0.2) is 4.79 Å². The van der Waals surface area contributed by atoms with Gasteiger partial charge in [0.15, 0.2) is 5.06 Å². The Balaban J connectivity index is 2.18. The number of carbonyl (C=O) groups is 1. The van der Waals surface area contributed by atoms with E-state index in [1.54, 1.807) is 12.1 Å². The summed E-state index contributed by atoms with van der Waals surface area (Å²) < 4.78 is 5.01. The van der Waals surface area contributed by atoms with Crippen LogP contribution in [0, 0.1) is 11.3 Å². The first-order valence-electron chi connectivity index (χ1n) is 4.72. The van der Waals surface area contributed by atoms with Gasteiger partial charge >= 0.3 is 6.09 Å². The maximum Gasteiger partial charge on any atom is 0.413 e. The van der Waals surface area contributed by atoms with Crippen LogP contribution in [0.15, 0.2) is 24.3 Å². The molecule has 86 valence electrons. The van der Waals surface area contributed by atoms with E-state index < -0.39 is 6.09 Å². The van der Waals surface area contributed by atoms with Gasteiger partial charge in [-0.15, -0.1) is 11.3 Å². The zero-order valence-electron chi connectivity index (χ0n) is 8.89. The van der Waals surface area contributed by atoms with Gasteiger partial charge in [0, 0.05) is 16.8 Å². The van der Waals surface area contributed by atoms with E-state index >= 15 is 0 Å². The number of rotatable bonds is 2. The summed E-state index contributed by atoms with van der Waals surface area (Å²) in [5.74, 6) is 0. The third kappa shape index (κ3) is 2.64. The highest BCUT2D eigenvalue weighted by molar-refractivity contribution is 7.23. The van der Waals surface area contributed by atoms with Gasteiger partial charge in [0.1, 0.15) is 10.9 Å². The Hall–Kier alpha value is -1.84. The lowest BCUT2D eigenvalue weighted by molar-refractivity contribution is 0.204. The van der Waals surface area contributed by atoms with Gasteiger partial charge in [0.05, 0.1) is 0 Å². The van der Waals surface area contributed by atoms with Gasteiger partial charge in [-0.1, -0.05) is 11.3 Å². The number of amides is 1. The molecule has 0 fully saturated rings. The molecule has 0 radical (unpaired) electrons. The van der Waals surface area contributed by atoms with Crippen molar-refractivity contribution in [3.8, 4) is 20.9 Å². The lowest BCUT2D eigenvalue weighted by atomic mass is 10.4. The molecular weight excluding hydrogens is 256 g/mol. The number of carbonyl (C=O) groups excluding carboxylic acids is 1. The fourth-order valence-electron chi connectivity index (χ4n) is 1.18. The average Bonchev–Trinajstić information content (AvgIpc) is 2.96. The molecule has 1 N–H and O–H groups in total. The number of hydrogen-bond donors (Lipinski definition) is 1. The molecule has 2 aromatic rings. The van der Waals surface area contributed by atoms with Crippen LogP contribution in [0.1, 0.15) is 4.88 Å². The molecule has 0 bridgehead atoms. The monoisotopic (exact) mass is 264 g/mol. The Morgan fingerprint density at radius 3 is 2.65 bits per heavy atom. The van der Waals surface area contributed by atoms with Crippen LogP contribution in [0.2, 0.25) is 0 Å². The predicted molar refractivity (Wildman–Crippen MR) is 67.4 cm³/mol. The molecule has 0 aromatic carbocycles. The first kappa shape index (κ1) is 11.6. The topological polar surface area (TPSA) is 62.1 Å². The zero-order chi connectivity index (χ0) is 12.3. The Morgan fingerprint density at radius 2 is 2.00 bits per heavy atom. The van der Waals surface area contributed by atoms with E-state index in [9.17, 15) is 4.79 Å². The number of thiophene rings is 2. The summed E-state index contributed by atoms with van der Waals surface area (Å²) in [7, 11) is 1.51. The van der Waals surface area contributed by atoms with E-state index in [1.807, 2.05) is 12.1 Å². The first-order chi connectivity index (χ1) is 8.22. The van der Waals surface area contributed by atoms with Crippen molar-refractivity contribution in [3.05, 3.63) is 29.1 Å². The molecule has 6 heteroatoms. The largest absolute Gasteiger partial charge is 0.413 e. The normalized spacial score (nSPS) is 9.65. The van der Waals surface area contributed by atoms with Gasteiger partial charge in [-0.05, 0) is 24.3 Å². The summed E-state index contributed by atoms with van der Waals surface area (Å²) in [6.45, 7) is 0. The molecule has 2 aromatic heterocycles. The number of ether oxygens (including phenoxy) is 1. The SMILES string of the molecule is CNC(=O)Oc1ccc(-c2ccc(C#N)s2)s1. The summed E-state index contributed by atoms with van der Waals surface area (Å²) in [5.41, 5.74) is 0. The quantitative estimate of drug-likeness (QED) is 0.906. The van der Waals surface area contributed by atoms with Crippen molar-refractivity contribution in [3.63, 3.8) is 0 Å². The average molecular weight is 264 g/mol. The lowest BCUT2D eigenvalue weighted by Crippen LogP contribution is -2.21. The Bertz CT molecular complexity index is 580. The van der Waals surface area contributed by atoms with E-state index in [1.165, 1.54) is 29.7 Å². The molecule has 1 amide bonds. The third-order valence-electron chi connectivity index (χ3n) is 1.94. The van der Waals surface area contributed by atoms with Crippen LogP contribution < -0.4 is 10.1 Å². The molecule has 2 heterocycles. The highest BCUT2D eigenvalue weighted by Gasteiger charge is 2.08. The standard InChI is InChI=1S/C11H8N2O2S2/c1-13-11(14)15-10-5-4-9(17-10)8-3-2-7(6-12)16-8/h2-5H,1H3,(H,13,14). The molecule has 17 heavy (non-hydrogen) atoms. The van der Waals surface area contributed by atoms with Crippen molar-refractivity contribution in [2.24, 2.45) is 0 Å². The molecule has 0 spiro atoms. The molecular formula is C11H8N2O2S2. The first-order valence-corrected chi connectivity index (χ1v) is 6.36. The second-order valence-electron chi connectivity index (χ2n) is 3.03. The van der Waals surface area contributed by atoms with Crippen molar-refractivity contribution in [2.45, 2.75) is 0 Å². The van der Waals surface area contributed by atoms with Crippen molar-refractivity contribution in [1.82, 2.24) is 5.32 Å². The number of nitrogens with one attached hydrogen (secondary N) is 1. The fraction of sp³-hybridized carbons (Fsp3) is 0.0909. The van der Waals surface area contributed by atoms with Crippen molar-refractivity contribution < 1.29 is 9.53 Å². The summed E-state index contributed by atoms with van der Waals surface area (Å²) >= 11 is 2.79. The van der Waals surface area contributed by atoms with Crippen LogP contribution in [-0.4, -0.2) is 13.1 Å². The summed E-state index contributed by atoms with van der Waals surface area (Å²) in [6, 6.07) is 9.37. The second kappa shape index (κ2) is 4.99. The summed E-state index contributed by atoms with van der Waals surface area (Å²) in [5, 5.41) is 11.7. The van der Waals surface area contributed by atoms with Gasteiger partial charge in [0.2, 0.25) is 0 Å². The molecule has 0 unspecified atom stereocenters. The van der Waals surface area contributed by atoms with Crippen molar-refractivity contribution in [2.75, 3.05) is 7.05 Å². The van der Waals surface area contributed by atoms with Crippen molar-refractivity contribution >= 4 is 28.8 Å². The zero-order valence-corrected chi connectivity index (χ0v) is 10.5. The molecule has 0 aliphatic rings. The molecule has 0 aliphatic heterocycles. The second-order valence-corrected chi connectivity index (χ2v) is 5.16. The van der Waals surface area contributed by atoms with Gasteiger partial charge in [-0.3, -0.25) is 0 Å². The Labute approximate surface area is 106 Å². The smallest absolute Gasteiger partial charge is 0.399 e. The van der Waals surface area contributed by atoms with E-state index in [4.69, 9.17) is 10.00 Å². The summed E-state index contributed by atoms with van der Waals surface area (Å²) in [6.07, 6.45) is -0.484. The van der Waals surface area contributed by atoms with Crippen LogP contribution in [0.25, 0.3) is 9.75 Å². The number of nitrogens with zero attached hydrogens (tertiary/aromatic N) is 1. The Kier molecular flexibility index (Phi) is 3.42. The van der Waals surface area contributed by atoms with E-state index in [0.717, 1.165) is 9.75 Å². The maximum absolute atomic E-state index is 11.0. The number of hydrogen-bond acceptors (Lipinski definition) is 5. The van der Waals surface area contributed by atoms with Gasteiger partial charge < -0.3 is 10.1 Å². The molecule has 2 rings (SSSR count). The summed E-state index contributed by atoms with van der Waals surface area (Å²) in [4.78, 5) is 13.7. The van der Waals surface area contributed by atoms with Crippen LogP contribution in [-0.2, 0) is 0 Å². The number of nitriles is 1. The molecule has 0 saturated carbocycles. The van der Waals surface area contributed by atoms with E-state index in [-0.39, 0.29) is 0 Å². The minimum Gasteiger partial charge on any atom is -0.399 e.